The predicted octanol–water partition coefficient (Wildman–Crippen LogP) is 4.79. The average Bonchev–Trinajstić information content (AvgIpc) is 2.96. The maximum atomic E-state index is 12.0. The van der Waals surface area contributed by atoms with Crippen molar-refractivity contribution < 1.29 is 9.53 Å². The van der Waals surface area contributed by atoms with Crippen LogP contribution in [0.15, 0.2) is 48.7 Å². The van der Waals surface area contributed by atoms with Gasteiger partial charge in [0, 0.05) is 17.1 Å². The van der Waals surface area contributed by atoms with E-state index >= 15 is 0 Å². The Morgan fingerprint density at radius 3 is 2.62 bits per heavy atom. The minimum absolute atomic E-state index is 0.104. The Balaban J connectivity index is 1.89. The van der Waals surface area contributed by atoms with Crippen molar-refractivity contribution in [3.63, 3.8) is 0 Å². The third kappa shape index (κ3) is 3.07. The summed E-state index contributed by atoms with van der Waals surface area (Å²) in [7, 11) is 0. The zero-order valence-corrected chi connectivity index (χ0v) is 14.5. The quantitative estimate of drug-likeness (QED) is 0.611. The van der Waals surface area contributed by atoms with E-state index in [2.05, 4.69) is 17.6 Å². The van der Waals surface area contributed by atoms with Crippen LogP contribution in [0.25, 0.3) is 10.9 Å². The molecular weight excluding hydrogens is 298 g/mol. The molecule has 1 aromatic heterocycles. The van der Waals surface area contributed by atoms with E-state index in [1.165, 1.54) is 5.56 Å². The van der Waals surface area contributed by atoms with Crippen LogP contribution in [0.3, 0.4) is 0 Å². The fraction of sp³-hybridized carbons (Fsp3) is 0.286. The molecule has 0 saturated heterocycles. The summed E-state index contributed by atoms with van der Waals surface area (Å²) in [5.74, 6) is 1.02. The van der Waals surface area contributed by atoms with Crippen molar-refractivity contribution in [3.05, 3.63) is 65.4 Å². The van der Waals surface area contributed by atoms with Crippen LogP contribution in [0.5, 0.6) is 5.75 Å². The molecule has 0 amide bonds. The summed E-state index contributed by atoms with van der Waals surface area (Å²) in [6.45, 7) is 7.10. The van der Waals surface area contributed by atoms with Crippen LogP contribution in [-0.4, -0.2) is 17.0 Å². The normalized spacial score (nSPS) is 11.0. The lowest BCUT2D eigenvalue weighted by Gasteiger charge is -2.11. The molecular formula is C21H23NO2. The molecule has 2 aromatic carbocycles. The number of carbonyl (C=O) groups is 1. The topological polar surface area (TPSA) is 31.2 Å². The lowest BCUT2D eigenvalue weighted by atomic mass is 10.1. The van der Waals surface area contributed by atoms with E-state index in [-0.39, 0.29) is 5.78 Å². The molecule has 1 heterocycles. The first kappa shape index (κ1) is 16.3. The van der Waals surface area contributed by atoms with Gasteiger partial charge in [0.15, 0.2) is 5.78 Å². The Kier molecular flexibility index (Phi) is 4.70. The molecule has 0 fully saturated rings. The number of benzene rings is 2. The van der Waals surface area contributed by atoms with E-state index in [0.29, 0.717) is 6.61 Å². The lowest BCUT2D eigenvalue weighted by molar-refractivity contribution is 0.101. The van der Waals surface area contributed by atoms with Crippen LogP contribution in [0, 0.1) is 6.92 Å². The first-order valence-electron chi connectivity index (χ1n) is 8.42. The number of hydrogen-bond acceptors (Lipinski definition) is 2. The zero-order chi connectivity index (χ0) is 17.1. The van der Waals surface area contributed by atoms with Gasteiger partial charge in [-0.3, -0.25) is 4.79 Å². The Morgan fingerprint density at radius 1 is 1.12 bits per heavy atom. The Morgan fingerprint density at radius 2 is 1.92 bits per heavy atom. The molecule has 3 rings (SSSR count). The van der Waals surface area contributed by atoms with E-state index in [0.717, 1.165) is 40.7 Å². The highest BCUT2D eigenvalue weighted by Gasteiger charge is 2.14. The predicted molar refractivity (Wildman–Crippen MR) is 98.0 cm³/mol. The SMILES string of the molecule is CCc1cccc2c(C(C)=O)cn(CCOc3ccccc3C)c12. The molecule has 0 aliphatic carbocycles. The highest BCUT2D eigenvalue weighted by atomic mass is 16.5. The second kappa shape index (κ2) is 6.91. The average molecular weight is 321 g/mol. The van der Waals surface area contributed by atoms with E-state index in [1.54, 1.807) is 6.92 Å². The van der Waals surface area contributed by atoms with Crippen molar-refractivity contribution >= 4 is 16.7 Å². The monoisotopic (exact) mass is 321 g/mol. The molecule has 0 saturated carbocycles. The number of ketones is 1. The lowest BCUT2D eigenvalue weighted by Crippen LogP contribution is -2.08. The summed E-state index contributed by atoms with van der Waals surface area (Å²) in [4.78, 5) is 12.0. The summed E-state index contributed by atoms with van der Waals surface area (Å²) in [5, 5.41) is 1.04. The third-order valence-corrected chi connectivity index (χ3v) is 4.43. The Hall–Kier alpha value is -2.55. The number of aromatic nitrogens is 1. The third-order valence-electron chi connectivity index (χ3n) is 4.43. The number of carbonyl (C=O) groups excluding carboxylic acids is 1. The summed E-state index contributed by atoms with van der Waals surface area (Å²) in [6.07, 6.45) is 2.91. The maximum absolute atomic E-state index is 12.0. The summed E-state index contributed by atoms with van der Waals surface area (Å²) >= 11 is 0. The van der Waals surface area contributed by atoms with E-state index in [9.17, 15) is 4.79 Å². The highest BCUT2D eigenvalue weighted by molar-refractivity contribution is 6.07. The molecule has 0 aliphatic rings. The van der Waals surface area contributed by atoms with E-state index in [4.69, 9.17) is 4.74 Å². The molecule has 0 spiro atoms. The Bertz CT molecular complexity index is 877. The highest BCUT2D eigenvalue weighted by Crippen LogP contribution is 2.26. The van der Waals surface area contributed by atoms with Crippen LogP contribution in [0.2, 0.25) is 0 Å². The zero-order valence-electron chi connectivity index (χ0n) is 14.5. The van der Waals surface area contributed by atoms with E-state index < -0.39 is 0 Å². The molecule has 0 bridgehead atoms. The van der Waals surface area contributed by atoms with Crippen molar-refractivity contribution in [2.75, 3.05) is 6.61 Å². The van der Waals surface area contributed by atoms with Gasteiger partial charge >= 0.3 is 0 Å². The summed E-state index contributed by atoms with van der Waals surface area (Å²) < 4.78 is 8.08. The largest absolute Gasteiger partial charge is 0.491 e. The number of hydrogen-bond donors (Lipinski definition) is 0. The van der Waals surface area contributed by atoms with Gasteiger partial charge in [0.1, 0.15) is 12.4 Å². The number of para-hydroxylation sites is 2. The van der Waals surface area contributed by atoms with Gasteiger partial charge in [-0.05, 0) is 37.5 Å². The van der Waals surface area contributed by atoms with Gasteiger partial charge in [0.05, 0.1) is 12.1 Å². The molecule has 3 heteroatoms. The fourth-order valence-electron chi connectivity index (χ4n) is 3.15. The van der Waals surface area contributed by atoms with Crippen molar-refractivity contribution in [3.8, 4) is 5.75 Å². The van der Waals surface area contributed by atoms with Crippen LogP contribution >= 0.6 is 0 Å². The van der Waals surface area contributed by atoms with Crippen molar-refractivity contribution in [2.24, 2.45) is 0 Å². The minimum atomic E-state index is 0.104. The standard InChI is InChI=1S/C21H23NO2/c1-4-17-9-7-10-18-19(16(3)23)14-22(21(17)18)12-13-24-20-11-6-5-8-15(20)2/h5-11,14H,4,12-13H2,1-3H3. The number of Topliss-reactive ketones (excluding diaryl/α,β-unsaturated/α-hetero) is 1. The van der Waals surface area contributed by atoms with E-state index in [1.807, 2.05) is 49.5 Å². The number of rotatable bonds is 6. The Labute approximate surface area is 142 Å². The first-order valence-corrected chi connectivity index (χ1v) is 8.42. The molecule has 0 aliphatic heterocycles. The number of fused-ring (bicyclic) bond motifs is 1. The summed E-state index contributed by atoms with van der Waals surface area (Å²) in [6, 6.07) is 14.2. The van der Waals surface area contributed by atoms with Gasteiger partial charge < -0.3 is 9.30 Å². The van der Waals surface area contributed by atoms with Crippen LogP contribution in [-0.2, 0) is 13.0 Å². The molecule has 0 N–H and O–H groups in total. The second-order valence-corrected chi connectivity index (χ2v) is 6.07. The molecule has 3 aromatic rings. The van der Waals surface area contributed by atoms with Crippen LogP contribution in [0.1, 0.15) is 35.3 Å². The summed E-state index contributed by atoms with van der Waals surface area (Å²) in [5.41, 5.74) is 4.33. The molecule has 0 unspecified atom stereocenters. The number of nitrogens with zero attached hydrogens (tertiary/aromatic N) is 1. The second-order valence-electron chi connectivity index (χ2n) is 6.07. The molecule has 0 radical (unpaired) electrons. The van der Waals surface area contributed by atoms with Gasteiger partial charge in [-0.25, -0.2) is 0 Å². The minimum Gasteiger partial charge on any atom is -0.491 e. The van der Waals surface area contributed by atoms with Crippen LogP contribution < -0.4 is 4.74 Å². The van der Waals surface area contributed by atoms with Crippen molar-refractivity contribution in [1.29, 1.82) is 0 Å². The smallest absolute Gasteiger partial charge is 0.161 e. The van der Waals surface area contributed by atoms with Gasteiger partial charge in [-0.2, -0.15) is 0 Å². The van der Waals surface area contributed by atoms with Crippen molar-refractivity contribution in [1.82, 2.24) is 4.57 Å². The fourth-order valence-corrected chi connectivity index (χ4v) is 3.15. The van der Waals surface area contributed by atoms with Gasteiger partial charge in [0.25, 0.3) is 0 Å². The maximum Gasteiger partial charge on any atom is 0.161 e. The molecule has 24 heavy (non-hydrogen) atoms. The van der Waals surface area contributed by atoms with Crippen molar-refractivity contribution in [2.45, 2.75) is 33.7 Å². The van der Waals surface area contributed by atoms with Gasteiger partial charge in [-0.1, -0.05) is 43.3 Å². The van der Waals surface area contributed by atoms with Gasteiger partial charge in [-0.15, -0.1) is 0 Å². The molecule has 124 valence electrons. The number of ether oxygens (including phenoxy) is 1. The molecule has 0 atom stereocenters. The molecule has 3 nitrogen and oxygen atoms in total. The first-order chi connectivity index (χ1) is 11.6. The number of aryl methyl sites for hydroxylation is 2. The van der Waals surface area contributed by atoms with Crippen LogP contribution in [0.4, 0.5) is 0 Å². The van der Waals surface area contributed by atoms with Gasteiger partial charge in [0.2, 0.25) is 0 Å².